The molecule has 0 saturated heterocycles. The SMILES string of the molecule is CCCCC1C(=O)C(C#N)=C(C)C(N=Nc2cc([N+](=O)[O-])ccc2O)=C1O. The van der Waals surface area contributed by atoms with E-state index in [1.54, 1.807) is 0 Å². The van der Waals surface area contributed by atoms with Gasteiger partial charge in [0, 0.05) is 17.7 Å². The minimum Gasteiger partial charge on any atom is -0.509 e. The van der Waals surface area contributed by atoms with E-state index in [1.807, 2.05) is 13.0 Å². The zero-order valence-corrected chi connectivity index (χ0v) is 14.8. The lowest BCUT2D eigenvalue weighted by Crippen LogP contribution is -2.25. The normalized spacial score (nSPS) is 17.5. The van der Waals surface area contributed by atoms with Crippen molar-refractivity contribution in [2.45, 2.75) is 33.1 Å². The van der Waals surface area contributed by atoms with Gasteiger partial charge in [-0.15, -0.1) is 10.2 Å². The lowest BCUT2D eigenvalue weighted by Gasteiger charge is -2.22. The standard InChI is InChI=1S/C18H18N4O5/c1-3-4-5-12-17(24)13(9-19)10(2)16(18(12)25)21-20-14-8-11(22(26)27)6-7-15(14)23/h6-8,12,23,25H,3-5H2,1-2H3. The van der Waals surface area contributed by atoms with E-state index >= 15 is 0 Å². The summed E-state index contributed by atoms with van der Waals surface area (Å²) < 4.78 is 0. The third-order valence-corrected chi connectivity index (χ3v) is 4.25. The zero-order chi connectivity index (χ0) is 20.1. The van der Waals surface area contributed by atoms with Gasteiger partial charge in [-0.3, -0.25) is 14.9 Å². The highest BCUT2D eigenvalue weighted by Gasteiger charge is 2.35. The third kappa shape index (κ3) is 4.00. The van der Waals surface area contributed by atoms with E-state index < -0.39 is 16.6 Å². The van der Waals surface area contributed by atoms with Crippen LogP contribution in [-0.2, 0) is 4.79 Å². The number of unbranched alkanes of at least 4 members (excludes halogenated alkanes) is 1. The van der Waals surface area contributed by atoms with Gasteiger partial charge in [0.15, 0.2) is 5.78 Å². The number of ketones is 1. The Balaban J connectivity index is 2.50. The fraction of sp³-hybridized carbons (Fsp3) is 0.333. The maximum atomic E-state index is 12.4. The Morgan fingerprint density at radius 1 is 1.33 bits per heavy atom. The number of hydrogen-bond donors (Lipinski definition) is 2. The lowest BCUT2D eigenvalue weighted by atomic mass is 9.83. The van der Waals surface area contributed by atoms with Crippen molar-refractivity contribution in [2.75, 3.05) is 0 Å². The summed E-state index contributed by atoms with van der Waals surface area (Å²) in [6, 6.07) is 5.09. The number of nitro benzene ring substituents is 1. The number of aliphatic hydroxyl groups excluding tert-OH is 1. The predicted molar refractivity (Wildman–Crippen MR) is 95.3 cm³/mol. The van der Waals surface area contributed by atoms with E-state index in [0.29, 0.717) is 12.8 Å². The van der Waals surface area contributed by atoms with Crippen LogP contribution < -0.4 is 0 Å². The van der Waals surface area contributed by atoms with E-state index in [9.17, 15) is 30.4 Å². The topological polar surface area (TPSA) is 149 Å². The van der Waals surface area contributed by atoms with Crippen molar-refractivity contribution in [2.24, 2.45) is 16.1 Å². The van der Waals surface area contributed by atoms with Crippen LogP contribution in [0.15, 0.2) is 51.0 Å². The van der Waals surface area contributed by atoms with Crippen molar-refractivity contribution in [3.63, 3.8) is 0 Å². The van der Waals surface area contributed by atoms with E-state index in [4.69, 9.17) is 0 Å². The molecule has 0 spiro atoms. The van der Waals surface area contributed by atoms with E-state index in [2.05, 4.69) is 10.2 Å². The van der Waals surface area contributed by atoms with Gasteiger partial charge in [0.1, 0.15) is 34.5 Å². The van der Waals surface area contributed by atoms with Crippen LogP contribution in [-0.4, -0.2) is 20.9 Å². The van der Waals surface area contributed by atoms with E-state index in [0.717, 1.165) is 24.6 Å². The molecule has 27 heavy (non-hydrogen) atoms. The van der Waals surface area contributed by atoms with Gasteiger partial charge < -0.3 is 10.2 Å². The Morgan fingerprint density at radius 3 is 2.63 bits per heavy atom. The van der Waals surface area contributed by atoms with Crippen molar-refractivity contribution in [3.05, 3.63) is 50.9 Å². The van der Waals surface area contributed by atoms with Crippen molar-refractivity contribution >= 4 is 17.2 Å². The molecular weight excluding hydrogens is 352 g/mol. The van der Waals surface area contributed by atoms with Gasteiger partial charge in [0.05, 0.1) is 10.8 Å². The van der Waals surface area contributed by atoms with E-state index in [-0.39, 0.29) is 39.7 Å². The minimum atomic E-state index is -0.879. The molecule has 1 aliphatic carbocycles. The molecule has 0 radical (unpaired) electrons. The van der Waals surface area contributed by atoms with Crippen LogP contribution in [0.2, 0.25) is 0 Å². The molecule has 9 nitrogen and oxygen atoms in total. The second-order valence-electron chi connectivity index (χ2n) is 6.03. The molecule has 1 aromatic rings. The first-order valence-corrected chi connectivity index (χ1v) is 8.29. The molecule has 0 aliphatic heterocycles. The maximum Gasteiger partial charge on any atom is 0.271 e. The average molecular weight is 370 g/mol. The number of allylic oxidation sites excluding steroid dienone is 3. The fourth-order valence-corrected chi connectivity index (χ4v) is 2.71. The summed E-state index contributed by atoms with van der Waals surface area (Å²) in [5.74, 6) is -1.96. The number of azo groups is 1. The van der Waals surface area contributed by atoms with Crippen LogP contribution in [0.3, 0.4) is 0 Å². The zero-order valence-electron chi connectivity index (χ0n) is 14.8. The number of hydrogen-bond acceptors (Lipinski definition) is 8. The van der Waals surface area contributed by atoms with Crippen molar-refractivity contribution in [1.82, 2.24) is 0 Å². The van der Waals surface area contributed by atoms with Gasteiger partial charge in [-0.2, -0.15) is 5.26 Å². The second kappa shape index (κ2) is 8.23. The number of nitrogens with zero attached hydrogens (tertiary/aromatic N) is 4. The first-order valence-electron chi connectivity index (χ1n) is 8.29. The van der Waals surface area contributed by atoms with Gasteiger partial charge in [-0.05, 0) is 19.4 Å². The average Bonchev–Trinajstić information content (AvgIpc) is 2.63. The molecule has 140 valence electrons. The molecule has 0 aromatic heterocycles. The molecule has 0 amide bonds. The molecule has 1 atom stereocenters. The molecule has 1 aliphatic rings. The fourth-order valence-electron chi connectivity index (χ4n) is 2.71. The number of Topliss-reactive ketones (excluding diaryl/α,β-unsaturated/α-hetero) is 1. The highest BCUT2D eigenvalue weighted by molar-refractivity contribution is 6.04. The summed E-state index contributed by atoms with van der Waals surface area (Å²) in [5.41, 5.74) is -0.437. The number of benzene rings is 1. The second-order valence-corrected chi connectivity index (χ2v) is 6.03. The molecule has 1 aromatic carbocycles. The number of nitriles is 1. The molecule has 9 heteroatoms. The Hall–Kier alpha value is -3.54. The number of aromatic hydroxyl groups is 1. The largest absolute Gasteiger partial charge is 0.509 e. The number of rotatable bonds is 6. The smallest absolute Gasteiger partial charge is 0.271 e. The van der Waals surface area contributed by atoms with Crippen LogP contribution in [0.1, 0.15) is 33.1 Å². The van der Waals surface area contributed by atoms with Gasteiger partial charge in [-0.1, -0.05) is 19.8 Å². The number of phenolic OH excluding ortho intramolecular Hbond substituents is 1. The van der Waals surface area contributed by atoms with Crippen LogP contribution in [0.25, 0.3) is 0 Å². The number of non-ortho nitro benzene ring substituents is 1. The Kier molecular flexibility index (Phi) is 6.03. The number of nitro groups is 1. The van der Waals surface area contributed by atoms with Crippen molar-refractivity contribution in [1.29, 1.82) is 5.26 Å². The summed E-state index contributed by atoms with van der Waals surface area (Å²) in [4.78, 5) is 22.6. The van der Waals surface area contributed by atoms with Gasteiger partial charge in [-0.25, -0.2) is 0 Å². The minimum absolute atomic E-state index is 0.0434. The van der Waals surface area contributed by atoms with Crippen LogP contribution in [0, 0.1) is 27.4 Å². The van der Waals surface area contributed by atoms with Crippen LogP contribution in [0.5, 0.6) is 5.75 Å². The summed E-state index contributed by atoms with van der Waals surface area (Å²) >= 11 is 0. The summed E-state index contributed by atoms with van der Waals surface area (Å²) in [6.45, 7) is 3.40. The number of carbonyl (C=O) groups excluding carboxylic acids is 1. The Labute approximate surface area is 155 Å². The maximum absolute atomic E-state index is 12.4. The van der Waals surface area contributed by atoms with E-state index in [1.165, 1.54) is 6.92 Å². The monoisotopic (exact) mass is 370 g/mol. The van der Waals surface area contributed by atoms with Crippen LogP contribution >= 0.6 is 0 Å². The molecular formula is C18H18N4O5. The number of carbonyl (C=O) groups is 1. The van der Waals surface area contributed by atoms with Crippen molar-refractivity contribution in [3.8, 4) is 11.8 Å². The summed E-state index contributed by atoms with van der Waals surface area (Å²) in [5, 5.41) is 48.1. The molecule has 0 fully saturated rings. The Bertz CT molecular complexity index is 924. The molecule has 2 N–H and O–H groups in total. The molecule has 0 heterocycles. The molecule has 2 rings (SSSR count). The van der Waals surface area contributed by atoms with Crippen LogP contribution in [0.4, 0.5) is 11.4 Å². The first kappa shape index (κ1) is 19.8. The molecule has 0 saturated carbocycles. The third-order valence-electron chi connectivity index (χ3n) is 4.25. The van der Waals surface area contributed by atoms with Gasteiger partial charge in [0.2, 0.25) is 0 Å². The highest BCUT2D eigenvalue weighted by atomic mass is 16.6. The summed E-state index contributed by atoms with van der Waals surface area (Å²) in [7, 11) is 0. The van der Waals surface area contributed by atoms with Gasteiger partial charge in [0.25, 0.3) is 5.69 Å². The van der Waals surface area contributed by atoms with Gasteiger partial charge >= 0.3 is 0 Å². The highest BCUT2D eigenvalue weighted by Crippen LogP contribution is 2.36. The summed E-state index contributed by atoms with van der Waals surface area (Å²) in [6.07, 6.45) is 1.84. The Morgan fingerprint density at radius 2 is 2.04 bits per heavy atom. The number of phenols is 1. The molecule has 1 unspecified atom stereocenters. The predicted octanol–water partition coefficient (Wildman–Crippen LogP) is 4.38. The first-order chi connectivity index (χ1) is 12.8. The molecule has 0 bridgehead atoms. The quantitative estimate of drug-likeness (QED) is 0.431. The lowest BCUT2D eigenvalue weighted by molar-refractivity contribution is -0.384. The number of aliphatic hydroxyl groups is 1. The van der Waals surface area contributed by atoms with Crippen molar-refractivity contribution < 1.29 is 19.9 Å².